The van der Waals surface area contributed by atoms with Crippen LogP contribution in [0.25, 0.3) is 5.69 Å². The first-order valence-corrected chi connectivity index (χ1v) is 33.1. The standard InChI is InChI=1S/C67H90ClF3N6O15S/c1-9-58(80)74-47-34-46(68)35-48(36-47)75-63(83)54-38-73-77(61(54)67(69,70)71)49-21-23-50(24-22-49)91-39-59(81)72-25-28-93-27-14-16-45-29-40(2)30-51(88-6)18-13-19-52(89-7)32-42(4)66(86,87)62(82)64(84)76-26-11-10-20-55(76)65(85)92-60(43(5)56(78)37-57(45)79)41(3)31-44-15-12-17-53(33-44)90-8/h9,21-24,29,31,34-36,38,42-45,51-53,55-56,60,78,86-87H,1,10-20,25-28,30,32-33,37,39H2,2-8H3,(H,72,81)(H,74,80)(H,75,83)/b40-29+,41-31+/t42-,43-,44+,45-,51-,52-,53+,55+,56+,60-/m1/s1. The number of benzene rings is 2. The molecule has 1 saturated heterocycles. The Morgan fingerprint density at radius 2 is 1.54 bits per heavy atom. The lowest BCUT2D eigenvalue weighted by molar-refractivity contribution is -0.208. The normalized spacial score (nSPS) is 25.8. The Balaban J connectivity index is 1.09. The van der Waals surface area contributed by atoms with Crippen molar-refractivity contribution in [2.45, 2.75) is 173 Å². The second-order valence-corrected chi connectivity index (χ2v) is 26.1. The van der Waals surface area contributed by atoms with Gasteiger partial charge in [-0.1, -0.05) is 56.2 Å². The summed E-state index contributed by atoms with van der Waals surface area (Å²) in [5.41, 5.74) is -0.516. The van der Waals surface area contributed by atoms with E-state index in [2.05, 4.69) is 27.6 Å². The Hall–Kier alpha value is -6.45. The number of carbonyl (C=O) groups is 7. The number of aromatic nitrogens is 2. The zero-order valence-corrected chi connectivity index (χ0v) is 55.5. The molecule has 1 aliphatic carbocycles. The molecule has 2 aromatic carbocycles. The maximum Gasteiger partial charge on any atom is 0.434 e. The molecule has 1 saturated carbocycles. The number of alkyl halides is 3. The molecular weight excluding hydrogens is 1250 g/mol. The Labute approximate surface area is 550 Å². The number of anilines is 2. The van der Waals surface area contributed by atoms with E-state index in [4.69, 9.17) is 35.3 Å². The largest absolute Gasteiger partial charge is 0.484 e. The average Bonchev–Trinajstić information content (AvgIpc) is 1.72. The monoisotopic (exact) mass is 1340 g/mol. The number of aliphatic hydroxyl groups excluding tert-OH is 1. The number of amides is 4. The van der Waals surface area contributed by atoms with Gasteiger partial charge in [-0.05, 0) is 163 Å². The van der Waals surface area contributed by atoms with Crippen molar-refractivity contribution < 1.29 is 85.7 Å². The third kappa shape index (κ3) is 22.1. The molecule has 3 heterocycles. The number of ether oxygens (including phenoxy) is 5. The highest BCUT2D eigenvalue weighted by atomic mass is 35.5. The van der Waals surface area contributed by atoms with Crippen LogP contribution in [0, 0.1) is 23.7 Å². The van der Waals surface area contributed by atoms with Crippen molar-refractivity contribution in [3.63, 3.8) is 0 Å². The van der Waals surface area contributed by atoms with Crippen molar-refractivity contribution in [1.29, 1.82) is 0 Å². The van der Waals surface area contributed by atoms with Gasteiger partial charge in [0.05, 0.1) is 41.9 Å². The van der Waals surface area contributed by atoms with Crippen molar-refractivity contribution in [2.75, 3.05) is 63.2 Å². The summed E-state index contributed by atoms with van der Waals surface area (Å²) in [5.74, 6) is -10.2. The number of halogens is 4. The number of ketones is 2. The summed E-state index contributed by atoms with van der Waals surface area (Å²) >= 11 is 7.68. The highest BCUT2D eigenvalue weighted by molar-refractivity contribution is 7.99. The van der Waals surface area contributed by atoms with Crippen molar-refractivity contribution >= 4 is 75.9 Å². The van der Waals surface area contributed by atoms with E-state index >= 15 is 0 Å². The van der Waals surface area contributed by atoms with Gasteiger partial charge in [0.2, 0.25) is 11.7 Å². The zero-order chi connectivity index (χ0) is 68.2. The van der Waals surface area contributed by atoms with Crippen LogP contribution in [0.2, 0.25) is 5.02 Å². The van der Waals surface area contributed by atoms with E-state index in [-0.39, 0.29) is 84.1 Å². The van der Waals surface area contributed by atoms with Crippen LogP contribution < -0.4 is 20.7 Å². The van der Waals surface area contributed by atoms with Crippen LogP contribution in [0.15, 0.2) is 84.6 Å². The topological polar surface area (TPSA) is 283 Å². The number of cyclic esters (lactones) is 1. The fraction of sp³-hybridized carbons (Fsp3) is 0.582. The fourth-order valence-electron chi connectivity index (χ4n) is 12.1. The van der Waals surface area contributed by atoms with E-state index in [1.807, 2.05) is 26.0 Å². The molecule has 0 unspecified atom stereocenters. The molecule has 93 heavy (non-hydrogen) atoms. The SMILES string of the molecule is C=CC(=O)Nc1cc(Cl)cc(NC(=O)c2cnn(-c3ccc(OCC(=O)NCCSCCC[C@@H]4/C=C(\C)C[C@H](OC)CCC[C@@H](OC)C[C@@H](C)C(O)(O)C(=O)C(=O)N5CCCC[C@H]5C(=O)O[C@H](/C(C)=C/[C@@H]5CCC[C@H](OC)C5)[C@H](C)[C@@H](O)CC4=O)cc3)c2C(F)(F)F)c1. The van der Waals surface area contributed by atoms with Gasteiger partial charge in [0.1, 0.15) is 23.7 Å². The summed E-state index contributed by atoms with van der Waals surface area (Å²) in [6.07, 6.45) is 4.98. The summed E-state index contributed by atoms with van der Waals surface area (Å²) in [6, 6.07) is 8.00. The first-order valence-electron chi connectivity index (χ1n) is 31.6. The fourth-order valence-corrected chi connectivity index (χ4v) is 13.2. The first-order chi connectivity index (χ1) is 44.2. The van der Waals surface area contributed by atoms with Gasteiger partial charge in [0, 0.05) is 80.7 Å². The number of Topliss-reactive ketones (excluding diaryl/α,β-unsaturated/α-hetero) is 2. The van der Waals surface area contributed by atoms with Gasteiger partial charge in [-0.2, -0.15) is 30.0 Å². The lowest BCUT2D eigenvalue weighted by Crippen LogP contribution is -2.58. The van der Waals surface area contributed by atoms with Gasteiger partial charge in [0.15, 0.2) is 12.3 Å². The predicted octanol–water partition coefficient (Wildman–Crippen LogP) is 9.77. The number of methoxy groups -OCH3 is 3. The van der Waals surface area contributed by atoms with Gasteiger partial charge < -0.3 is 59.9 Å². The number of nitrogens with one attached hydrogen (secondary N) is 3. The molecular formula is C67H90ClF3N6O15S. The predicted molar refractivity (Wildman–Crippen MR) is 346 cm³/mol. The number of hydrogen-bond donors (Lipinski definition) is 6. The number of piperidine rings is 1. The number of rotatable bonds is 20. The van der Waals surface area contributed by atoms with Gasteiger partial charge in [-0.15, -0.1) is 0 Å². The van der Waals surface area contributed by atoms with Gasteiger partial charge >= 0.3 is 12.1 Å². The molecule has 10 atom stereocenters. The molecule has 0 radical (unpaired) electrons. The number of thioether (sulfide) groups is 1. The van der Waals surface area contributed by atoms with Crippen LogP contribution in [0.4, 0.5) is 24.5 Å². The molecule has 6 N–H and O–H groups in total. The van der Waals surface area contributed by atoms with E-state index in [1.54, 1.807) is 32.9 Å². The summed E-state index contributed by atoms with van der Waals surface area (Å²) in [5, 5.41) is 46.3. The number of aliphatic hydroxyl groups is 3. The molecule has 26 heteroatoms. The van der Waals surface area contributed by atoms with E-state index < -0.39 is 107 Å². The summed E-state index contributed by atoms with van der Waals surface area (Å²) in [7, 11) is 4.75. The molecule has 3 aromatic rings. The zero-order valence-electron chi connectivity index (χ0n) is 54.0. The van der Waals surface area contributed by atoms with E-state index in [0.29, 0.717) is 73.1 Å². The molecule has 0 spiro atoms. The van der Waals surface area contributed by atoms with Crippen molar-refractivity contribution in [3.05, 3.63) is 101 Å². The summed E-state index contributed by atoms with van der Waals surface area (Å²) in [6.45, 7) is 10.1. The Bertz CT molecular complexity index is 3120. The molecule has 2 fully saturated rings. The van der Waals surface area contributed by atoms with E-state index in [0.717, 1.165) is 48.4 Å². The van der Waals surface area contributed by atoms with Crippen LogP contribution in [0.1, 0.15) is 140 Å². The van der Waals surface area contributed by atoms with Crippen molar-refractivity contribution in [2.24, 2.45) is 23.7 Å². The molecule has 3 aliphatic rings. The van der Waals surface area contributed by atoms with Crippen molar-refractivity contribution in [1.82, 2.24) is 20.0 Å². The number of hydrogen-bond acceptors (Lipinski definition) is 17. The lowest BCUT2D eigenvalue weighted by Gasteiger charge is -2.38. The minimum absolute atomic E-state index is 0.00348. The number of nitrogens with zero attached hydrogens (tertiary/aromatic N) is 3. The van der Waals surface area contributed by atoms with Crippen LogP contribution in [-0.2, 0) is 53.9 Å². The van der Waals surface area contributed by atoms with Crippen LogP contribution in [-0.4, -0.2) is 166 Å². The molecule has 21 nitrogen and oxygen atoms in total. The van der Waals surface area contributed by atoms with Crippen LogP contribution in [0.3, 0.4) is 0 Å². The third-order valence-corrected chi connectivity index (χ3v) is 18.7. The Kier molecular flexibility index (Phi) is 29.2. The van der Waals surface area contributed by atoms with E-state index in [1.165, 1.54) is 56.5 Å². The van der Waals surface area contributed by atoms with Gasteiger partial charge in [-0.25, -0.2) is 9.48 Å². The smallest absolute Gasteiger partial charge is 0.434 e. The molecule has 6 rings (SSSR count). The van der Waals surface area contributed by atoms with Crippen LogP contribution in [0.5, 0.6) is 5.75 Å². The molecule has 2 aliphatic heterocycles. The Morgan fingerprint density at radius 1 is 0.882 bits per heavy atom. The van der Waals surface area contributed by atoms with Crippen LogP contribution >= 0.6 is 23.4 Å². The summed E-state index contributed by atoms with van der Waals surface area (Å²) in [4.78, 5) is 95.9. The van der Waals surface area contributed by atoms with E-state index in [9.17, 15) is 62.1 Å². The summed E-state index contributed by atoms with van der Waals surface area (Å²) < 4.78 is 73.5. The third-order valence-electron chi connectivity index (χ3n) is 17.4. The quantitative estimate of drug-likeness (QED) is 0.0153. The Morgan fingerprint density at radius 3 is 2.20 bits per heavy atom. The number of carbonyl (C=O) groups excluding carboxylic acids is 7. The molecule has 4 amide bonds. The van der Waals surface area contributed by atoms with Crippen molar-refractivity contribution in [3.8, 4) is 11.4 Å². The average molecular weight is 1340 g/mol. The number of esters is 1. The van der Waals surface area contributed by atoms with Gasteiger partial charge in [0.25, 0.3) is 23.5 Å². The second kappa shape index (κ2) is 35.9. The maximum absolute atomic E-state index is 14.6. The second-order valence-electron chi connectivity index (χ2n) is 24.4. The molecule has 0 bridgehead atoms. The minimum atomic E-state index is -5.03. The first kappa shape index (κ1) is 75.6. The highest BCUT2D eigenvalue weighted by Gasteiger charge is 2.49. The maximum atomic E-state index is 14.6. The minimum Gasteiger partial charge on any atom is -0.484 e. The highest BCUT2D eigenvalue weighted by Crippen LogP contribution is 2.37. The molecule has 1 aromatic heterocycles. The number of allylic oxidation sites excluding steroid dienone is 2. The number of fused-ring (bicyclic) bond motifs is 1. The van der Waals surface area contributed by atoms with Gasteiger partial charge in [-0.3, -0.25) is 28.8 Å². The molecule has 512 valence electrons. The lowest BCUT2D eigenvalue weighted by atomic mass is 9.82.